The Balaban J connectivity index is 1.56. The van der Waals surface area contributed by atoms with E-state index in [0.29, 0.717) is 36.7 Å². The predicted octanol–water partition coefficient (Wildman–Crippen LogP) is 3.71. The van der Waals surface area contributed by atoms with Gasteiger partial charge in [-0.25, -0.2) is 15.0 Å². The summed E-state index contributed by atoms with van der Waals surface area (Å²) in [6.07, 6.45) is 3.45. The number of oxazole rings is 1. The number of rotatable bonds is 5. The molecule has 8 nitrogen and oxygen atoms in total. The van der Waals surface area contributed by atoms with Crippen LogP contribution in [-0.2, 0) is 4.79 Å². The van der Waals surface area contributed by atoms with Gasteiger partial charge < -0.3 is 20.0 Å². The summed E-state index contributed by atoms with van der Waals surface area (Å²) < 4.78 is 6.02. The highest BCUT2D eigenvalue weighted by Gasteiger charge is 2.40. The lowest BCUT2D eigenvalue weighted by Crippen LogP contribution is -2.62. The molecular weight excluding hydrogens is 380 g/mol. The van der Waals surface area contributed by atoms with E-state index in [4.69, 9.17) is 4.42 Å². The molecule has 1 aromatic carbocycles. The first kappa shape index (κ1) is 19.9. The molecule has 2 N–H and O–H groups in total. The number of nitrogens with one attached hydrogen (secondary N) is 2. The van der Waals surface area contributed by atoms with Crippen molar-refractivity contribution in [3.8, 4) is 11.3 Å². The topological polar surface area (TPSA) is 96.2 Å². The lowest BCUT2D eigenvalue weighted by atomic mass is 10.00. The van der Waals surface area contributed by atoms with E-state index >= 15 is 0 Å². The van der Waals surface area contributed by atoms with Crippen molar-refractivity contribution in [2.75, 3.05) is 23.3 Å². The van der Waals surface area contributed by atoms with Gasteiger partial charge in [-0.15, -0.1) is 0 Å². The maximum absolute atomic E-state index is 12.2. The van der Waals surface area contributed by atoms with Gasteiger partial charge in [0.2, 0.25) is 11.9 Å². The molecule has 3 aromatic rings. The Hall–Kier alpha value is -3.42. The zero-order chi connectivity index (χ0) is 21.3. The first-order valence-corrected chi connectivity index (χ1v) is 10.1. The van der Waals surface area contributed by atoms with Crippen molar-refractivity contribution < 1.29 is 9.21 Å². The van der Waals surface area contributed by atoms with Crippen LogP contribution in [0, 0.1) is 0 Å². The SMILES string of the molecule is CC(C)c1ccnc(Nc2cccc(-c3cnc(N4CCNC(=O)C4(C)C)o3)c2)n1. The van der Waals surface area contributed by atoms with Gasteiger partial charge in [0.1, 0.15) is 5.54 Å². The number of carbonyl (C=O) groups excluding carboxylic acids is 1. The van der Waals surface area contributed by atoms with Crippen LogP contribution in [0.25, 0.3) is 11.3 Å². The van der Waals surface area contributed by atoms with E-state index in [9.17, 15) is 4.79 Å². The highest BCUT2D eigenvalue weighted by molar-refractivity contribution is 5.89. The van der Waals surface area contributed by atoms with Crippen molar-refractivity contribution >= 4 is 23.6 Å². The van der Waals surface area contributed by atoms with Crippen LogP contribution in [0.2, 0.25) is 0 Å². The van der Waals surface area contributed by atoms with Gasteiger partial charge in [-0.1, -0.05) is 26.0 Å². The van der Waals surface area contributed by atoms with Gasteiger partial charge in [0.05, 0.1) is 6.20 Å². The van der Waals surface area contributed by atoms with E-state index in [-0.39, 0.29) is 5.91 Å². The number of piperazine rings is 1. The molecule has 1 saturated heterocycles. The second-order valence-electron chi connectivity index (χ2n) is 8.14. The number of hydrogen-bond acceptors (Lipinski definition) is 7. The number of amides is 1. The van der Waals surface area contributed by atoms with Gasteiger partial charge in [0, 0.05) is 36.2 Å². The summed E-state index contributed by atoms with van der Waals surface area (Å²) in [5, 5.41) is 6.13. The molecule has 0 spiro atoms. The minimum Gasteiger partial charge on any atom is -0.423 e. The zero-order valence-corrected chi connectivity index (χ0v) is 17.6. The molecule has 3 heterocycles. The van der Waals surface area contributed by atoms with Crippen LogP contribution in [0.15, 0.2) is 47.1 Å². The minimum absolute atomic E-state index is 0.0386. The lowest BCUT2D eigenvalue weighted by Gasteiger charge is -2.40. The van der Waals surface area contributed by atoms with Crippen LogP contribution in [0.4, 0.5) is 17.7 Å². The van der Waals surface area contributed by atoms with Crippen LogP contribution in [0.3, 0.4) is 0 Å². The Kier molecular flexibility index (Phi) is 5.15. The summed E-state index contributed by atoms with van der Waals surface area (Å²) in [5.74, 6) is 1.47. The number of benzene rings is 1. The number of carbonyl (C=O) groups is 1. The molecule has 0 aliphatic carbocycles. The molecule has 1 aliphatic rings. The van der Waals surface area contributed by atoms with Crippen molar-refractivity contribution in [3.05, 3.63) is 48.4 Å². The van der Waals surface area contributed by atoms with E-state index < -0.39 is 5.54 Å². The van der Waals surface area contributed by atoms with Crippen molar-refractivity contribution in [1.82, 2.24) is 20.3 Å². The fraction of sp³-hybridized carbons (Fsp3) is 0.364. The summed E-state index contributed by atoms with van der Waals surface area (Å²) in [4.78, 5) is 27.4. The molecular formula is C22H26N6O2. The van der Waals surface area contributed by atoms with Crippen LogP contribution in [0.1, 0.15) is 39.3 Å². The smallest absolute Gasteiger partial charge is 0.298 e. The second-order valence-corrected chi connectivity index (χ2v) is 8.14. The molecule has 0 radical (unpaired) electrons. The standard InChI is InChI=1S/C22H26N6O2/c1-14(2)17-8-9-24-20(27-17)26-16-7-5-6-15(12-16)18-13-25-21(30-18)28-11-10-23-19(29)22(28,3)4/h5-9,12-14H,10-11H2,1-4H3,(H,23,29)(H,24,26,27). The average molecular weight is 406 g/mol. The van der Waals surface area contributed by atoms with Crippen LogP contribution in [0.5, 0.6) is 0 Å². The Labute approximate surface area is 175 Å². The Bertz CT molecular complexity index is 1060. The number of aromatic nitrogens is 3. The molecule has 8 heteroatoms. The fourth-order valence-corrected chi connectivity index (χ4v) is 3.39. The van der Waals surface area contributed by atoms with Gasteiger partial charge in [-0.3, -0.25) is 4.79 Å². The van der Waals surface area contributed by atoms with E-state index in [0.717, 1.165) is 16.9 Å². The van der Waals surface area contributed by atoms with Gasteiger partial charge in [-0.05, 0) is 38.0 Å². The molecule has 1 aliphatic heterocycles. The molecule has 0 atom stereocenters. The van der Waals surface area contributed by atoms with Gasteiger partial charge in [-0.2, -0.15) is 0 Å². The van der Waals surface area contributed by atoms with Crippen LogP contribution in [-0.4, -0.2) is 39.5 Å². The van der Waals surface area contributed by atoms with Crippen molar-refractivity contribution in [1.29, 1.82) is 0 Å². The molecule has 0 saturated carbocycles. The van der Waals surface area contributed by atoms with E-state index in [2.05, 4.69) is 39.4 Å². The maximum atomic E-state index is 12.2. The maximum Gasteiger partial charge on any atom is 0.298 e. The normalized spacial score (nSPS) is 15.9. The number of hydrogen-bond donors (Lipinski definition) is 2. The van der Waals surface area contributed by atoms with E-state index in [1.165, 1.54) is 0 Å². The van der Waals surface area contributed by atoms with Crippen LogP contribution >= 0.6 is 0 Å². The largest absolute Gasteiger partial charge is 0.423 e. The molecule has 0 bridgehead atoms. The predicted molar refractivity (Wildman–Crippen MR) is 116 cm³/mol. The highest BCUT2D eigenvalue weighted by Crippen LogP contribution is 2.31. The fourth-order valence-electron chi connectivity index (χ4n) is 3.39. The summed E-state index contributed by atoms with van der Waals surface area (Å²) >= 11 is 0. The monoisotopic (exact) mass is 406 g/mol. The number of anilines is 3. The summed E-state index contributed by atoms with van der Waals surface area (Å²) in [6.45, 7) is 9.13. The molecule has 1 amide bonds. The average Bonchev–Trinajstić information content (AvgIpc) is 3.20. The minimum atomic E-state index is -0.720. The molecule has 1 fully saturated rings. The third kappa shape index (κ3) is 3.85. The Morgan fingerprint density at radius 2 is 2.07 bits per heavy atom. The first-order valence-electron chi connectivity index (χ1n) is 10.1. The van der Waals surface area contributed by atoms with Crippen molar-refractivity contribution in [2.45, 2.75) is 39.2 Å². The summed E-state index contributed by atoms with van der Waals surface area (Å²) in [6, 6.07) is 10.2. The summed E-state index contributed by atoms with van der Waals surface area (Å²) in [7, 11) is 0. The zero-order valence-electron chi connectivity index (χ0n) is 17.6. The quantitative estimate of drug-likeness (QED) is 0.667. The van der Waals surface area contributed by atoms with E-state index in [1.807, 2.05) is 49.1 Å². The van der Waals surface area contributed by atoms with Gasteiger partial charge >= 0.3 is 0 Å². The third-order valence-corrected chi connectivity index (χ3v) is 5.25. The Morgan fingerprint density at radius 1 is 1.23 bits per heavy atom. The van der Waals surface area contributed by atoms with Crippen molar-refractivity contribution in [3.63, 3.8) is 0 Å². The number of nitrogens with zero attached hydrogens (tertiary/aromatic N) is 4. The van der Waals surface area contributed by atoms with Crippen LogP contribution < -0.4 is 15.5 Å². The molecule has 0 unspecified atom stereocenters. The van der Waals surface area contributed by atoms with Gasteiger partial charge in [0.15, 0.2) is 5.76 Å². The molecule has 4 rings (SSSR count). The van der Waals surface area contributed by atoms with Crippen molar-refractivity contribution in [2.24, 2.45) is 0 Å². The third-order valence-electron chi connectivity index (χ3n) is 5.25. The molecule has 30 heavy (non-hydrogen) atoms. The molecule has 2 aromatic heterocycles. The highest BCUT2D eigenvalue weighted by atomic mass is 16.4. The molecule has 156 valence electrons. The second kappa shape index (κ2) is 7.78. The van der Waals surface area contributed by atoms with Gasteiger partial charge in [0.25, 0.3) is 6.01 Å². The van der Waals surface area contributed by atoms with E-state index in [1.54, 1.807) is 12.4 Å². The first-order chi connectivity index (χ1) is 14.3. The Morgan fingerprint density at radius 3 is 2.87 bits per heavy atom. The summed E-state index contributed by atoms with van der Waals surface area (Å²) in [5.41, 5.74) is 1.99. The lowest BCUT2D eigenvalue weighted by molar-refractivity contribution is -0.126.